The molecule has 1 heterocycles. The highest BCUT2D eigenvalue weighted by Crippen LogP contribution is 2.26. The summed E-state index contributed by atoms with van der Waals surface area (Å²) in [7, 11) is 1.84. The van der Waals surface area contributed by atoms with Crippen LogP contribution in [0.25, 0.3) is 11.4 Å². The molecule has 0 aliphatic rings. The maximum Gasteiger partial charge on any atom is 0.141 e. The molecule has 2 rings (SSSR count). The number of benzene rings is 1. The number of aliphatic hydroxyl groups is 1. The van der Waals surface area contributed by atoms with E-state index in [1.807, 2.05) is 38.2 Å². The van der Waals surface area contributed by atoms with Gasteiger partial charge >= 0.3 is 0 Å². The molecule has 0 spiro atoms. The van der Waals surface area contributed by atoms with Crippen LogP contribution in [0.2, 0.25) is 5.15 Å². The van der Waals surface area contributed by atoms with Crippen LogP contribution in [0.1, 0.15) is 11.3 Å². The number of halogens is 1. The zero-order valence-electron chi connectivity index (χ0n) is 9.24. The largest absolute Gasteiger partial charge is 0.390 e. The lowest BCUT2D eigenvalue weighted by Crippen LogP contribution is -1.94. The van der Waals surface area contributed by atoms with Gasteiger partial charge in [-0.15, -0.1) is 0 Å². The smallest absolute Gasteiger partial charge is 0.141 e. The van der Waals surface area contributed by atoms with Gasteiger partial charge in [-0.2, -0.15) is 0 Å². The molecule has 0 unspecified atom stereocenters. The van der Waals surface area contributed by atoms with E-state index >= 15 is 0 Å². The number of aliphatic hydroxyl groups excluding tert-OH is 1. The second kappa shape index (κ2) is 4.28. The van der Waals surface area contributed by atoms with E-state index in [4.69, 9.17) is 16.7 Å². The van der Waals surface area contributed by atoms with Crippen LogP contribution in [0.15, 0.2) is 24.3 Å². The second-order valence-electron chi connectivity index (χ2n) is 3.70. The van der Waals surface area contributed by atoms with E-state index in [-0.39, 0.29) is 6.61 Å². The molecule has 1 aromatic carbocycles. The van der Waals surface area contributed by atoms with Gasteiger partial charge in [-0.1, -0.05) is 35.9 Å². The monoisotopic (exact) mass is 236 g/mol. The van der Waals surface area contributed by atoms with E-state index in [2.05, 4.69) is 4.98 Å². The van der Waals surface area contributed by atoms with Crippen molar-refractivity contribution < 1.29 is 5.11 Å². The molecular weight excluding hydrogens is 224 g/mol. The third kappa shape index (κ3) is 1.72. The van der Waals surface area contributed by atoms with Crippen molar-refractivity contribution in [3.8, 4) is 11.4 Å². The number of aromatic nitrogens is 2. The molecular formula is C12H13ClN2O. The van der Waals surface area contributed by atoms with Gasteiger partial charge in [0, 0.05) is 12.6 Å². The summed E-state index contributed by atoms with van der Waals surface area (Å²) in [5.74, 6) is 0.784. The van der Waals surface area contributed by atoms with Gasteiger partial charge in [0.1, 0.15) is 16.7 Å². The normalized spacial score (nSPS) is 10.8. The summed E-state index contributed by atoms with van der Waals surface area (Å²) in [6.07, 6.45) is 0. The Balaban J connectivity index is 2.61. The molecule has 0 amide bonds. The van der Waals surface area contributed by atoms with Gasteiger partial charge in [-0.25, -0.2) is 4.98 Å². The topological polar surface area (TPSA) is 38.1 Å². The highest BCUT2D eigenvalue weighted by molar-refractivity contribution is 6.30. The highest BCUT2D eigenvalue weighted by Gasteiger charge is 2.14. The van der Waals surface area contributed by atoms with E-state index in [9.17, 15) is 0 Å². The molecule has 1 N–H and O–H groups in total. The Labute approximate surface area is 99.3 Å². The van der Waals surface area contributed by atoms with Crippen molar-refractivity contribution in [2.24, 2.45) is 7.05 Å². The molecule has 2 aromatic rings. The van der Waals surface area contributed by atoms with Crippen LogP contribution >= 0.6 is 11.6 Å². The molecule has 1 aromatic heterocycles. The predicted octanol–water partition coefficient (Wildman–Crippen LogP) is 2.54. The summed E-state index contributed by atoms with van der Waals surface area (Å²) in [4.78, 5) is 4.34. The zero-order chi connectivity index (χ0) is 11.7. The minimum Gasteiger partial charge on any atom is -0.390 e. The van der Waals surface area contributed by atoms with Crippen molar-refractivity contribution in [2.75, 3.05) is 0 Å². The summed E-state index contributed by atoms with van der Waals surface area (Å²) in [5.41, 5.74) is 2.69. The van der Waals surface area contributed by atoms with Crippen LogP contribution < -0.4 is 0 Å². The number of hydrogen-bond donors (Lipinski definition) is 1. The van der Waals surface area contributed by atoms with Crippen molar-refractivity contribution in [3.63, 3.8) is 0 Å². The van der Waals surface area contributed by atoms with Gasteiger partial charge in [-0.05, 0) is 12.5 Å². The number of nitrogens with zero attached hydrogens (tertiary/aromatic N) is 2. The van der Waals surface area contributed by atoms with Crippen molar-refractivity contribution in [1.29, 1.82) is 0 Å². The Morgan fingerprint density at radius 3 is 2.62 bits per heavy atom. The quantitative estimate of drug-likeness (QED) is 0.870. The average molecular weight is 237 g/mol. The Hall–Kier alpha value is -1.32. The van der Waals surface area contributed by atoms with Crippen LogP contribution in [-0.2, 0) is 13.7 Å². The molecule has 0 saturated heterocycles. The number of rotatable bonds is 2. The molecule has 0 radical (unpaired) electrons. The lowest BCUT2D eigenvalue weighted by Gasteiger charge is -2.05. The number of hydrogen-bond acceptors (Lipinski definition) is 2. The third-order valence-corrected chi connectivity index (χ3v) is 3.10. The fourth-order valence-electron chi connectivity index (χ4n) is 1.70. The molecule has 0 saturated carbocycles. The molecule has 4 heteroatoms. The molecule has 0 aliphatic heterocycles. The highest BCUT2D eigenvalue weighted by atomic mass is 35.5. The van der Waals surface area contributed by atoms with E-state index < -0.39 is 0 Å². The first kappa shape index (κ1) is 11.2. The molecule has 84 valence electrons. The Morgan fingerprint density at radius 2 is 2.06 bits per heavy atom. The average Bonchev–Trinajstić information content (AvgIpc) is 2.57. The van der Waals surface area contributed by atoms with Gasteiger partial charge in [0.05, 0.1) is 6.61 Å². The van der Waals surface area contributed by atoms with Gasteiger partial charge in [0.2, 0.25) is 0 Å². The fraction of sp³-hybridized carbons (Fsp3) is 0.250. The maximum atomic E-state index is 9.11. The number of aryl methyl sites for hydroxylation is 1. The zero-order valence-corrected chi connectivity index (χ0v) is 9.99. The minimum atomic E-state index is -0.140. The van der Waals surface area contributed by atoms with Crippen LogP contribution in [0.3, 0.4) is 0 Å². The Kier molecular flexibility index (Phi) is 2.99. The van der Waals surface area contributed by atoms with E-state index in [1.165, 1.54) is 0 Å². The summed E-state index contributed by atoms with van der Waals surface area (Å²) < 4.78 is 1.79. The molecule has 3 nitrogen and oxygen atoms in total. The molecule has 16 heavy (non-hydrogen) atoms. The van der Waals surface area contributed by atoms with E-state index in [1.54, 1.807) is 4.57 Å². The maximum absolute atomic E-state index is 9.11. The van der Waals surface area contributed by atoms with Crippen molar-refractivity contribution in [1.82, 2.24) is 9.55 Å². The summed E-state index contributed by atoms with van der Waals surface area (Å²) in [6, 6.07) is 7.96. The molecule has 0 atom stereocenters. The summed E-state index contributed by atoms with van der Waals surface area (Å²) in [5, 5.41) is 9.60. The summed E-state index contributed by atoms with van der Waals surface area (Å²) in [6.45, 7) is 1.88. The van der Waals surface area contributed by atoms with E-state index in [0.717, 1.165) is 17.0 Å². The van der Waals surface area contributed by atoms with Crippen LogP contribution in [0, 0.1) is 6.92 Å². The molecule has 0 aliphatic carbocycles. The van der Waals surface area contributed by atoms with Gasteiger partial charge in [0.25, 0.3) is 0 Å². The molecule has 0 fully saturated rings. The van der Waals surface area contributed by atoms with Gasteiger partial charge < -0.3 is 9.67 Å². The van der Waals surface area contributed by atoms with Crippen LogP contribution in [-0.4, -0.2) is 14.7 Å². The van der Waals surface area contributed by atoms with E-state index in [0.29, 0.717) is 10.8 Å². The first-order valence-electron chi connectivity index (χ1n) is 5.03. The first-order chi connectivity index (χ1) is 7.65. The SMILES string of the molecule is Cc1ccccc1-c1nc(CO)c(Cl)n1C. The predicted molar refractivity (Wildman–Crippen MR) is 64.3 cm³/mol. The van der Waals surface area contributed by atoms with Gasteiger partial charge in [0.15, 0.2) is 0 Å². The standard InChI is InChI=1S/C12H13ClN2O/c1-8-5-3-4-6-9(8)12-14-10(7-16)11(13)15(12)2/h3-6,16H,7H2,1-2H3. The van der Waals surface area contributed by atoms with Crippen LogP contribution in [0.5, 0.6) is 0 Å². The van der Waals surface area contributed by atoms with Crippen molar-refractivity contribution in [2.45, 2.75) is 13.5 Å². The van der Waals surface area contributed by atoms with Crippen LogP contribution in [0.4, 0.5) is 0 Å². The third-order valence-electron chi connectivity index (χ3n) is 2.63. The minimum absolute atomic E-state index is 0.140. The Bertz CT molecular complexity index is 520. The fourth-order valence-corrected chi connectivity index (χ4v) is 1.88. The second-order valence-corrected chi connectivity index (χ2v) is 4.06. The van der Waals surface area contributed by atoms with Gasteiger partial charge in [-0.3, -0.25) is 0 Å². The van der Waals surface area contributed by atoms with Crippen molar-refractivity contribution in [3.05, 3.63) is 40.7 Å². The lowest BCUT2D eigenvalue weighted by molar-refractivity contribution is 0.277. The molecule has 0 bridgehead atoms. The lowest BCUT2D eigenvalue weighted by atomic mass is 10.1. The first-order valence-corrected chi connectivity index (χ1v) is 5.41. The van der Waals surface area contributed by atoms with Crippen molar-refractivity contribution >= 4 is 11.6 Å². The summed E-state index contributed by atoms with van der Waals surface area (Å²) >= 11 is 6.06. The number of imidazole rings is 1. The Morgan fingerprint density at radius 1 is 1.38 bits per heavy atom.